The number of carbonyl (C=O) groups excluding carboxylic acids is 2. The summed E-state index contributed by atoms with van der Waals surface area (Å²) in [5.74, 6) is -0.798. The van der Waals surface area contributed by atoms with E-state index in [0.29, 0.717) is 11.3 Å². The van der Waals surface area contributed by atoms with Crippen LogP contribution in [-0.2, 0) is 4.79 Å². The summed E-state index contributed by atoms with van der Waals surface area (Å²) in [6.45, 7) is -3.10. The van der Waals surface area contributed by atoms with E-state index in [1.165, 1.54) is 24.3 Å². The van der Waals surface area contributed by atoms with Gasteiger partial charge in [0.05, 0.1) is 6.54 Å². The SMILES string of the molecule is O=C(CNC(=O)c1ccccc1)Nc1ccc(OC(F)F)cc1. The average Bonchev–Trinajstić information content (AvgIpc) is 2.55. The second kappa shape index (κ2) is 7.88. The number of hydrogen-bond acceptors (Lipinski definition) is 3. The number of rotatable bonds is 6. The topological polar surface area (TPSA) is 67.4 Å². The molecule has 23 heavy (non-hydrogen) atoms. The van der Waals surface area contributed by atoms with E-state index in [-0.39, 0.29) is 18.2 Å². The highest BCUT2D eigenvalue weighted by Gasteiger charge is 2.08. The van der Waals surface area contributed by atoms with E-state index in [0.717, 1.165) is 0 Å². The molecule has 0 radical (unpaired) electrons. The van der Waals surface area contributed by atoms with Crippen LogP contribution < -0.4 is 15.4 Å². The van der Waals surface area contributed by atoms with Crippen LogP contribution in [-0.4, -0.2) is 25.0 Å². The summed E-state index contributed by atoms with van der Waals surface area (Å²) in [4.78, 5) is 23.5. The normalized spacial score (nSPS) is 10.2. The summed E-state index contributed by atoms with van der Waals surface area (Å²) in [5, 5.41) is 5.01. The van der Waals surface area contributed by atoms with Gasteiger partial charge in [0.15, 0.2) is 0 Å². The first-order valence-corrected chi connectivity index (χ1v) is 6.72. The van der Waals surface area contributed by atoms with Gasteiger partial charge in [-0.25, -0.2) is 0 Å². The van der Waals surface area contributed by atoms with Crippen molar-refractivity contribution in [2.75, 3.05) is 11.9 Å². The maximum absolute atomic E-state index is 12.0. The summed E-state index contributed by atoms with van der Waals surface area (Å²) in [6.07, 6.45) is 0. The minimum Gasteiger partial charge on any atom is -0.435 e. The Morgan fingerprint density at radius 3 is 2.26 bits per heavy atom. The van der Waals surface area contributed by atoms with Crippen LogP contribution in [0.2, 0.25) is 0 Å². The molecule has 2 amide bonds. The largest absolute Gasteiger partial charge is 0.435 e. The van der Waals surface area contributed by atoms with Crippen molar-refractivity contribution >= 4 is 17.5 Å². The van der Waals surface area contributed by atoms with Gasteiger partial charge in [-0.2, -0.15) is 8.78 Å². The molecule has 0 aromatic heterocycles. The van der Waals surface area contributed by atoms with Gasteiger partial charge in [0.2, 0.25) is 5.91 Å². The van der Waals surface area contributed by atoms with Crippen molar-refractivity contribution in [2.24, 2.45) is 0 Å². The van der Waals surface area contributed by atoms with E-state index >= 15 is 0 Å². The predicted octanol–water partition coefficient (Wildman–Crippen LogP) is 2.66. The van der Waals surface area contributed by atoms with E-state index in [2.05, 4.69) is 15.4 Å². The molecule has 7 heteroatoms. The molecule has 0 aliphatic carbocycles. The van der Waals surface area contributed by atoms with Crippen molar-refractivity contribution in [3.63, 3.8) is 0 Å². The zero-order valence-corrected chi connectivity index (χ0v) is 12.0. The highest BCUT2D eigenvalue weighted by molar-refractivity contribution is 5.99. The molecular formula is C16H14F2N2O3. The first kappa shape index (κ1) is 16.4. The Bertz CT molecular complexity index is 661. The van der Waals surface area contributed by atoms with Crippen molar-refractivity contribution < 1.29 is 23.1 Å². The van der Waals surface area contributed by atoms with Gasteiger partial charge in [0, 0.05) is 11.3 Å². The van der Waals surface area contributed by atoms with Crippen LogP contribution in [0.1, 0.15) is 10.4 Å². The van der Waals surface area contributed by atoms with Crippen LogP contribution >= 0.6 is 0 Å². The molecule has 0 unspecified atom stereocenters. The third kappa shape index (κ3) is 5.39. The lowest BCUT2D eigenvalue weighted by atomic mass is 10.2. The van der Waals surface area contributed by atoms with Crippen molar-refractivity contribution in [1.82, 2.24) is 5.32 Å². The number of nitrogens with one attached hydrogen (secondary N) is 2. The molecular weight excluding hydrogens is 306 g/mol. The monoisotopic (exact) mass is 320 g/mol. The third-order valence-corrected chi connectivity index (χ3v) is 2.81. The maximum Gasteiger partial charge on any atom is 0.387 e. The highest BCUT2D eigenvalue weighted by Crippen LogP contribution is 2.17. The minimum atomic E-state index is -2.90. The zero-order valence-electron chi connectivity index (χ0n) is 12.0. The minimum absolute atomic E-state index is 0.00428. The quantitative estimate of drug-likeness (QED) is 0.860. The van der Waals surface area contributed by atoms with E-state index in [9.17, 15) is 18.4 Å². The molecule has 0 saturated carbocycles. The fourth-order valence-corrected chi connectivity index (χ4v) is 1.78. The second-order valence-corrected chi connectivity index (χ2v) is 4.50. The van der Waals surface area contributed by atoms with E-state index in [1.54, 1.807) is 30.3 Å². The van der Waals surface area contributed by atoms with Crippen molar-refractivity contribution in [3.05, 3.63) is 60.2 Å². The molecule has 2 aromatic rings. The van der Waals surface area contributed by atoms with Gasteiger partial charge >= 0.3 is 6.61 Å². The summed E-state index contributed by atoms with van der Waals surface area (Å²) in [5.41, 5.74) is 0.861. The Balaban J connectivity index is 1.81. The van der Waals surface area contributed by atoms with E-state index in [1.807, 2.05) is 0 Å². The molecule has 0 saturated heterocycles. The molecule has 2 N–H and O–H groups in total. The fourth-order valence-electron chi connectivity index (χ4n) is 1.78. The smallest absolute Gasteiger partial charge is 0.387 e. The Labute approximate surface area is 131 Å². The Kier molecular flexibility index (Phi) is 5.62. The van der Waals surface area contributed by atoms with E-state index < -0.39 is 12.5 Å². The van der Waals surface area contributed by atoms with Crippen LogP contribution in [0.4, 0.5) is 14.5 Å². The molecule has 0 aliphatic rings. The fraction of sp³-hybridized carbons (Fsp3) is 0.125. The lowest BCUT2D eigenvalue weighted by molar-refractivity contribution is -0.115. The van der Waals surface area contributed by atoms with Gasteiger partial charge < -0.3 is 15.4 Å². The Hall–Kier alpha value is -2.96. The van der Waals surface area contributed by atoms with Crippen LogP contribution in [0.15, 0.2) is 54.6 Å². The van der Waals surface area contributed by atoms with Crippen LogP contribution in [0.5, 0.6) is 5.75 Å². The first-order chi connectivity index (χ1) is 11.0. The number of amides is 2. The standard InChI is InChI=1S/C16H14F2N2O3/c17-16(18)23-13-8-6-12(7-9-13)20-14(21)10-19-15(22)11-4-2-1-3-5-11/h1-9,16H,10H2,(H,19,22)(H,20,21). The lowest BCUT2D eigenvalue weighted by Gasteiger charge is -2.08. The number of alkyl halides is 2. The Morgan fingerprint density at radius 2 is 1.65 bits per heavy atom. The molecule has 0 heterocycles. The van der Waals surface area contributed by atoms with Crippen LogP contribution in [0, 0.1) is 0 Å². The molecule has 0 spiro atoms. The first-order valence-electron chi connectivity index (χ1n) is 6.72. The summed E-state index contributed by atoms with van der Waals surface area (Å²) in [6, 6.07) is 14.0. The van der Waals surface area contributed by atoms with Gasteiger partial charge in [-0.1, -0.05) is 18.2 Å². The zero-order chi connectivity index (χ0) is 16.7. The Morgan fingerprint density at radius 1 is 1.00 bits per heavy atom. The van der Waals surface area contributed by atoms with Gasteiger partial charge in [0.1, 0.15) is 5.75 Å². The summed E-state index contributed by atoms with van der Waals surface area (Å²) < 4.78 is 28.2. The molecule has 0 fully saturated rings. The molecule has 5 nitrogen and oxygen atoms in total. The highest BCUT2D eigenvalue weighted by atomic mass is 19.3. The average molecular weight is 320 g/mol. The molecule has 2 aromatic carbocycles. The third-order valence-electron chi connectivity index (χ3n) is 2.81. The van der Waals surface area contributed by atoms with Gasteiger partial charge in [-0.15, -0.1) is 0 Å². The van der Waals surface area contributed by atoms with Gasteiger partial charge in [-0.3, -0.25) is 9.59 Å². The van der Waals surface area contributed by atoms with Crippen molar-refractivity contribution in [1.29, 1.82) is 0 Å². The van der Waals surface area contributed by atoms with Crippen LogP contribution in [0.3, 0.4) is 0 Å². The maximum atomic E-state index is 12.0. The second-order valence-electron chi connectivity index (χ2n) is 4.50. The number of anilines is 1. The number of halogens is 2. The molecule has 120 valence electrons. The number of hydrogen-bond donors (Lipinski definition) is 2. The predicted molar refractivity (Wildman–Crippen MR) is 80.5 cm³/mol. The number of carbonyl (C=O) groups is 2. The van der Waals surface area contributed by atoms with Gasteiger partial charge in [0.25, 0.3) is 5.91 Å². The van der Waals surface area contributed by atoms with Crippen LogP contribution in [0.25, 0.3) is 0 Å². The summed E-state index contributed by atoms with van der Waals surface area (Å²) in [7, 11) is 0. The number of benzene rings is 2. The molecule has 0 atom stereocenters. The van der Waals surface area contributed by atoms with E-state index in [4.69, 9.17) is 0 Å². The van der Waals surface area contributed by atoms with Gasteiger partial charge in [-0.05, 0) is 36.4 Å². The number of ether oxygens (including phenoxy) is 1. The molecule has 2 rings (SSSR count). The van der Waals surface area contributed by atoms with Crippen molar-refractivity contribution in [2.45, 2.75) is 6.61 Å². The summed E-state index contributed by atoms with van der Waals surface area (Å²) >= 11 is 0. The molecule has 0 bridgehead atoms. The lowest BCUT2D eigenvalue weighted by Crippen LogP contribution is -2.32. The van der Waals surface area contributed by atoms with Crippen molar-refractivity contribution in [3.8, 4) is 5.75 Å². The molecule has 0 aliphatic heterocycles.